The molecule has 5 nitrogen and oxygen atoms in total. The second-order valence-corrected chi connectivity index (χ2v) is 6.23. The summed E-state index contributed by atoms with van der Waals surface area (Å²) < 4.78 is 0. The summed E-state index contributed by atoms with van der Waals surface area (Å²) in [6, 6.07) is 14.0. The third-order valence-corrected chi connectivity index (χ3v) is 4.65. The predicted octanol–water partition coefficient (Wildman–Crippen LogP) is 2.11. The molecule has 0 saturated carbocycles. The van der Waals surface area contributed by atoms with Crippen molar-refractivity contribution in [3.8, 4) is 0 Å². The van der Waals surface area contributed by atoms with E-state index in [1.54, 1.807) is 6.92 Å². The number of hydrogen-bond acceptors (Lipinski definition) is 4. The molecule has 3 rings (SSSR count). The molecule has 1 unspecified atom stereocenters. The number of aryl methyl sites for hydroxylation is 1. The molecule has 1 atom stereocenters. The lowest BCUT2D eigenvalue weighted by molar-refractivity contribution is -0.129. The lowest BCUT2D eigenvalue weighted by atomic mass is 9.98. The third kappa shape index (κ3) is 3.41. The Bertz CT molecular complexity index is 709. The highest BCUT2D eigenvalue weighted by atomic mass is 16.2. The molecule has 1 amide bonds. The van der Waals surface area contributed by atoms with E-state index in [0.717, 1.165) is 48.8 Å². The molecular weight excluding hydrogens is 300 g/mol. The van der Waals surface area contributed by atoms with Gasteiger partial charge in [-0.05, 0) is 24.1 Å². The van der Waals surface area contributed by atoms with Gasteiger partial charge in [0.1, 0.15) is 5.82 Å². The van der Waals surface area contributed by atoms with Crippen LogP contribution in [0.4, 0.5) is 5.82 Å². The van der Waals surface area contributed by atoms with E-state index < -0.39 is 0 Å². The van der Waals surface area contributed by atoms with Crippen LogP contribution >= 0.6 is 0 Å². The first-order valence-corrected chi connectivity index (χ1v) is 8.35. The lowest BCUT2D eigenvalue weighted by Gasteiger charge is -2.35. The fraction of sp³-hybridized carbons (Fsp3) is 0.368. The highest BCUT2D eigenvalue weighted by Gasteiger charge is 2.20. The van der Waals surface area contributed by atoms with E-state index in [4.69, 9.17) is 10.7 Å². The maximum Gasteiger partial charge on any atom is 0.219 e. The summed E-state index contributed by atoms with van der Waals surface area (Å²) in [7, 11) is 0. The number of rotatable bonds is 3. The Hall–Kier alpha value is -2.40. The minimum absolute atomic E-state index is 0.142. The van der Waals surface area contributed by atoms with Crippen molar-refractivity contribution in [2.75, 3.05) is 31.1 Å². The van der Waals surface area contributed by atoms with Gasteiger partial charge in [0.05, 0.1) is 6.04 Å². The molecule has 1 aromatic heterocycles. The van der Waals surface area contributed by atoms with Crippen LogP contribution < -0.4 is 10.6 Å². The topological polar surface area (TPSA) is 62.5 Å². The molecule has 0 radical (unpaired) electrons. The Labute approximate surface area is 143 Å². The summed E-state index contributed by atoms with van der Waals surface area (Å²) in [4.78, 5) is 20.3. The van der Waals surface area contributed by atoms with Crippen LogP contribution in [-0.2, 0) is 4.79 Å². The number of carbonyl (C=O) groups is 1. The number of nitrogens with two attached hydrogens (primary N) is 1. The standard InChI is InChI=1S/C19H24N4O/c1-14-17(19(20)16-6-4-3-5-7-16)8-9-18(21-14)23-12-10-22(11-13-23)15(2)24/h3-9,19H,10-13,20H2,1-2H3. The van der Waals surface area contributed by atoms with Gasteiger partial charge in [0.15, 0.2) is 0 Å². The van der Waals surface area contributed by atoms with Gasteiger partial charge in [-0.3, -0.25) is 4.79 Å². The summed E-state index contributed by atoms with van der Waals surface area (Å²) >= 11 is 0. The Morgan fingerprint density at radius 2 is 1.75 bits per heavy atom. The van der Waals surface area contributed by atoms with Crippen LogP contribution in [0.5, 0.6) is 0 Å². The van der Waals surface area contributed by atoms with Crippen molar-refractivity contribution in [3.63, 3.8) is 0 Å². The fourth-order valence-electron chi connectivity index (χ4n) is 3.15. The summed E-state index contributed by atoms with van der Waals surface area (Å²) in [6.07, 6.45) is 0. The molecule has 1 saturated heterocycles. The third-order valence-electron chi connectivity index (χ3n) is 4.65. The van der Waals surface area contributed by atoms with Gasteiger partial charge < -0.3 is 15.5 Å². The van der Waals surface area contributed by atoms with Crippen LogP contribution in [0.2, 0.25) is 0 Å². The van der Waals surface area contributed by atoms with Crippen LogP contribution in [0, 0.1) is 6.92 Å². The van der Waals surface area contributed by atoms with Gasteiger partial charge in [-0.25, -0.2) is 4.98 Å². The highest BCUT2D eigenvalue weighted by molar-refractivity contribution is 5.73. The van der Waals surface area contributed by atoms with Crippen molar-refractivity contribution in [2.45, 2.75) is 19.9 Å². The molecule has 5 heteroatoms. The number of pyridine rings is 1. The zero-order valence-electron chi connectivity index (χ0n) is 14.3. The average Bonchev–Trinajstić information content (AvgIpc) is 2.62. The van der Waals surface area contributed by atoms with Crippen LogP contribution in [0.25, 0.3) is 0 Å². The molecule has 1 aromatic carbocycles. The summed E-state index contributed by atoms with van der Waals surface area (Å²) in [5, 5.41) is 0. The van der Waals surface area contributed by atoms with Crippen molar-refractivity contribution in [1.82, 2.24) is 9.88 Å². The molecule has 1 aliphatic heterocycles. The summed E-state index contributed by atoms with van der Waals surface area (Å²) in [5.74, 6) is 1.10. The van der Waals surface area contributed by atoms with Gasteiger partial charge in [-0.1, -0.05) is 36.4 Å². The minimum Gasteiger partial charge on any atom is -0.353 e. The Balaban J connectivity index is 1.75. The van der Waals surface area contributed by atoms with Crippen molar-refractivity contribution in [3.05, 3.63) is 59.3 Å². The van der Waals surface area contributed by atoms with E-state index in [1.807, 2.05) is 48.2 Å². The quantitative estimate of drug-likeness (QED) is 0.939. The number of amides is 1. The number of anilines is 1. The second kappa shape index (κ2) is 7.01. The molecule has 24 heavy (non-hydrogen) atoms. The zero-order chi connectivity index (χ0) is 17.1. The Morgan fingerprint density at radius 1 is 1.08 bits per heavy atom. The lowest BCUT2D eigenvalue weighted by Crippen LogP contribution is -2.48. The molecule has 0 aliphatic carbocycles. The minimum atomic E-state index is -0.165. The van der Waals surface area contributed by atoms with E-state index in [9.17, 15) is 4.79 Å². The summed E-state index contributed by atoms with van der Waals surface area (Å²) in [5.41, 5.74) is 9.49. The smallest absolute Gasteiger partial charge is 0.219 e. The van der Waals surface area contributed by atoms with Gasteiger partial charge in [0.2, 0.25) is 5.91 Å². The first-order valence-electron chi connectivity index (χ1n) is 8.35. The number of carbonyl (C=O) groups excluding carboxylic acids is 1. The van der Waals surface area contributed by atoms with Gasteiger partial charge in [-0.15, -0.1) is 0 Å². The van der Waals surface area contributed by atoms with Gasteiger partial charge in [0, 0.05) is 38.8 Å². The first-order chi connectivity index (χ1) is 11.6. The maximum absolute atomic E-state index is 11.4. The number of benzene rings is 1. The number of nitrogens with zero attached hydrogens (tertiary/aromatic N) is 3. The SMILES string of the molecule is CC(=O)N1CCN(c2ccc(C(N)c3ccccc3)c(C)n2)CC1. The van der Waals surface area contributed by atoms with Crippen LogP contribution in [0.3, 0.4) is 0 Å². The van der Waals surface area contributed by atoms with Gasteiger partial charge in [0.25, 0.3) is 0 Å². The maximum atomic E-state index is 11.4. The van der Waals surface area contributed by atoms with Crippen molar-refractivity contribution in [2.24, 2.45) is 5.73 Å². The Morgan fingerprint density at radius 3 is 2.33 bits per heavy atom. The van der Waals surface area contributed by atoms with Gasteiger partial charge in [-0.2, -0.15) is 0 Å². The van der Waals surface area contributed by atoms with E-state index in [-0.39, 0.29) is 11.9 Å². The van der Waals surface area contributed by atoms with Crippen molar-refractivity contribution in [1.29, 1.82) is 0 Å². The molecule has 0 bridgehead atoms. The van der Waals surface area contributed by atoms with E-state index >= 15 is 0 Å². The van der Waals surface area contributed by atoms with Crippen LogP contribution in [-0.4, -0.2) is 42.0 Å². The average molecular weight is 324 g/mol. The number of piperazine rings is 1. The first kappa shape index (κ1) is 16.5. The predicted molar refractivity (Wildman–Crippen MR) is 95.9 cm³/mol. The Kier molecular flexibility index (Phi) is 4.81. The van der Waals surface area contributed by atoms with Crippen molar-refractivity contribution < 1.29 is 4.79 Å². The molecule has 2 aromatic rings. The van der Waals surface area contributed by atoms with Crippen LogP contribution in [0.15, 0.2) is 42.5 Å². The van der Waals surface area contributed by atoms with Crippen LogP contribution in [0.1, 0.15) is 29.8 Å². The van der Waals surface area contributed by atoms with Crippen molar-refractivity contribution >= 4 is 11.7 Å². The molecule has 1 fully saturated rings. The molecule has 2 heterocycles. The van der Waals surface area contributed by atoms with E-state index in [2.05, 4.69) is 11.0 Å². The van der Waals surface area contributed by atoms with E-state index in [1.165, 1.54) is 0 Å². The second-order valence-electron chi connectivity index (χ2n) is 6.23. The number of hydrogen-bond donors (Lipinski definition) is 1. The van der Waals surface area contributed by atoms with E-state index in [0.29, 0.717) is 0 Å². The summed E-state index contributed by atoms with van der Waals surface area (Å²) in [6.45, 7) is 6.76. The normalized spacial score (nSPS) is 16.1. The number of aromatic nitrogens is 1. The zero-order valence-corrected chi connectivity index (χ0v) is 14.3. The van der Waals surface area contributed by atoms with Gasteiger partial charge >= 0.3 is 0 Å². The fourth-order valence-corrected chi connectivity index (χ4v) is 3.15. The highest BCUT2D eigenvalue weighted by Crippen LogP contribution is 2.24. The molecule has 0 spiro atoms. The molecular formula is C19H24N4O. The molecule has 1 aliphatic rings. The monoisotopic (exact) mass is 324 g/mol. The molecule has 126 valence electrons. The molecule has 2 N–H and O–H groups in total. The largest absolute Gasteiger partial charge is 0.353 e.